The van der Waals surface area contributed by atoms with E-state index in [1.54, 1.807) is 18.2 Å². The predicted molar refractivity (Wildman–Crippen MR) is 112 cm³/mol. The molecule has 2 aromatic carbocycles. The number of ether oxygens (including phenoxy) is 1. The van der Waals surface area contributed by atoms with E-state index in [1.807, 2.05) is 6.07 Å². The summed E-state index contributed by atoms with van der Waals surface area (Å²) in [6.45, 7) is 2.92. The normalized spacial score (nSPS) is 15.5. The predicted octanol–water partition coefficient (Wildman–Crippen LogP) is 5.48. The third-order valence-corrected chi connectivity index (χ3v) is 5.64. The van der Waals surface area contributed by atoms with Crippen LogP contribution in [-0.4, -0.2) is 6.04 Å². The van der Waals surface area contributed by atoms with Gasteiger partial charge in [0.1, 0.15) is 18.6 Å². The van der Waals surface area contributed by atoms with E-state index in [1.165, 1.54) is 23.6 Å². The number of rotatable bonds is 5. The number of hydrogen-bond acceptors (Lipinski definition) is 4. The van der Waals surface area contributed by atoms with E-state index >= 15 is 0 Å². The van der Waals surface area contributed by atoms with Gasteiger partial charge in [0.2, 0.25) is 11.2 Å². The smallest absolute Gasteiger partial charge is 0.227 e. The quantitative estimate of drug-likeness (QED) is 0.553. The molecule has 0 spiro atoms. The van der Waals surface area contributed by atoms with Gasteiger partial charge in [-0.05, 0) is 42.7 Å². The number of benzene rings is 2. The van der Waals surface area contributed by atoms with Crippen LogP contribution in [-0.2, 0) is 19.6 Å². The van der Waals surface area contributed by atoms with Crippen molar-refractivity contribution in [3.63, 3.8) is 0 Å². The summed E-state index contributed by atoms with van der Waals surface area (Å²) in [6.07, 6.45) is 2.37. The first-order chi connectivity index (χ1) is 13.5. The molecule has 1 aromatic heterocycles. The molecule has 0 saturated heterocycles. The van der Waals surface area contributed by atoms with Gasteiger partial charge in [-0.15, -0.1) is 0 Å². The molecule has 144 valence electrons. The average Bonchev–Trinajstić information content (AvgIpc) is 2.99. The lowest BCUT2D eigenvalue weighted by atomic mass is 10.1. The largest absolute Gasteiger partial charge is 0.482 e. The van der Waals surface area contributed by atoms with Crippen LogP contribution < -0.4 is 15.1 Å². The minimum absolute atomic E-state index is 0.171. The Morgan fingerprint density at radius 2 is 1.96 bits per heavy atom. The standard InChI is InChI=1S/C22H19Cl2NO3/c1-14-8-16-4-2-3-5-20(16)25(14)11-17-10-21(26)22(13-27-17)28-12-15-6-7-18(23)19(24)9-15/h2-7,9-10,13-14H,8,11-12H2,1H3/t14-/m0/s1. The fourth-order valence-electron chi connectivity index (χ4n) is 3.46. The van der Waals surface area contributed by atoms with Crippen LogP contribution in [0.1, 0.15) is 23.8 Å². The maximum atomic E-state index is 12.4. The van der Waals surface area contributed by atoms with Gasteiger partial charge < -0.3 is 14.1 Å². The van der Waals surface area contributed by atoms with Crippen molar-refractivity contribution in [1.82, 2.24) is 0 Å². The van der Waals surface area contributed by atoms with Crippen LogP contribution >= 0.6 is 23.2 Å². The molecule has 0 fully saturated rings. The molecule has 0 saturated carbocycles. The van der Waals surface area contributed by atoms with E-state index in [2.05, 4.69) is 30.0 Å². The van der Waals surface area contributed by atoms with Gasteiger partial charge in [-0.25, -0.2) is 0 Å². The maximum absolute atomic E-state index is 12.4. The Morgan fingerprint density at radius 1 is 1.14 bits per heavy atom. The number of halogens is 2. The van der Waals surface area contributed by atoms with Crippen molar-refractivity contribution in [3.8, 4) is 5.75 Å². The molecule has 0 N–H and O–H groups in total. The first-order valence-corrected chi connectivity index (χ1v) is 9.80. The highest BCUT2D eigenvalue weighted by Gasteiger charge is 2.26. The number of nitrogens with zero attached hydrogens (tertiary/aromatic N) is 1. The molecule has 2 heterocycles. The molecule has 0 aliphatic carbocycles. The maximum Gasteiger partial charge on any atom is 0.227 e. The summed E-state index contributed by atoms with van der Waals surface area (Å²) in [6, 6.07) is 15.4. The van der Waals surface area contributed by atoms with Crippen LogP contribution in [0, 0.1) is 0 Å². The molecular weight excluding hydrogens is 397 g/mol. The lowest BCUT2D eigenvalue weighted by Crippen LogP contribution is -2.29. The topological polar surface area (TPSA) is 42.7 Å². The molecule has 0 unspecified atom stereocenters. The van der Waals surface area contributed by atoms with Crippen LogP contribution in [0.2, 0.25) is 10.0 Å². The van der Waals surface area contributed by atoms with E-state index in [0.29, 0.717) is 28.4 Å². The second kappa shape index (κ2) is 7.90. The Labute approximate surface area is 173 Å². The van der Waals surface area contributed by atoms with Crippen molar-refractivity contribution in [2.24, 2.45) is 0 Å². The van der Waals surface area contributed by atoms with Crippen molar-refractivity contribution in [3.05, 3.63) is 91.9 Å². The van der Waals surface area contributed by atoms with E-state index in [0.717, 1.165) is 12.0 Å². The van der Waals surface area contributed by atoms with Gasteiger partial charge in [-0.2, -0.15) is 0 Å². The van der Waals surface area contributed by atoms with E-state index in [-0.39, 0.29) is 17.8 Å². The summed E-state index contributed by atoms with van der Waals surface area (Å²) in [4.78, 5) is 14.7. The molecule has 6 heteroatoms. The lowest BCUT2D eigenvalue weighted by Gasteiger charge is -2.24. The SMILES string of the molecule is C[C@H]1Cc2ccccc2N1Cc1cc(=O)c(OCc2ccc(Cl)c(Cl)c2)co1. The first kappa shape index (κ1) is 18.9. The molecule has 4 nitrogen and oxygen atoms in total. The van der Waals surface area contributed by atoms with Crippen LogP contribution in [0.3, 0.4) is 0 Å². The molecular formula is C22H19Cl2NO3. The van der Waals surface area contributed by atoms with Crippen molar-refractivity contribution in [1.29, 1.82) is 0 Å². The Morgan fingerprint density at radius 3 is 2.75 bits per heavy atom. The van der Waals surface area contributed by atoms with Gasteiger partial charge in [0.05, 0.1) is 16.6 Å². The number of para-hydroxylation sites is 1. The Bertz CT molecular complexity index is 1060. The third kappa shape index (κ3) is 3.89. The molecule has 3 aromatic rings. The summed E-state index contributed by atoms with van der Waals surface area (Å²) in [5, 5.41) is 0.928. The lowest BCUT2D eigenvalue weighted by molar-refractivity contribution is 0.289. The Balaban J connectivity index is 1.46. The Hall–Kier alpha value is -2.43. The van der Waals surface area contributed by atoms with E-state index < -0.39 is 0 Å². The van der Waals surface area contributed by atoms with Gasteiger partial charge in [-0.1, -0.05) is 47.5 Å². The van der Waals surface area contributed by atoms with Crippen molar-refractivity contribution >= 4 is 28.9 Å². The zero-order valence-electron chi connectivity index (χ0n) is 15.3. The zero-order valence-corrected chi connectivity index (χ0v) is 16.8. The molecule has 28 heavy (non-hydrogen) atoms. The van der Waals surface area contributed by atoms with E-state index in [4.69, 9.17) is 32.4 Å². The van der Waals surface area contributed by atoms with Crippen LogP contribution in [0.4, 0.5) is 5.69 Å². The van der Waals surface area contributed by atoms with Crippen LogP contribution in [0.25, 0.3) is 0 Å². The summed E-state index contributed by atoms with van der Waals surface area (Å²) in [5.74, 6) is 0.778. The fourth-order valence-corrected chi connectivity index (χ4v) is 3.78. The first-order valence-electron chi connectivity index (χ1n) is 9.04. The van der Waals surface area contributed by atoms with Crippen LogP contribution in [0.5, 0.6) is 5.75 Å². The molecule has 1 atom stereocenters. The average molecular weight is 416 g/mol. The third-order valence-electron chi connectivity index (χ3n) is 4.91. The van der Waals surface area contributed by atoms with Gasteiger partial charge in [0.15, 0.2) is 0 Å². The highest BCUT2D eigenvalue weighted by atomic mass is 35.5. The van der Waals surface area contributed by atoms with Gasteiger partial charge in [-0.3, -0.25) is 4.79 Å². The minimum atomic E-state index is -0.207. The van der Waals surface area contributed by atoms with Crippen molar-refractivity contribution in [2.75, 3.05) is 4.90 Å². The highest BCUT2D eigenvalue weighted by molar-refractivity contribution is 6.42. The number of fused-ring (bicyclic) bond motifs is 1. The molecule has 0 amide bonds. The Kier molecular flexibility index (Phi) is 5.33. The summed E-state index contributed by atoms with van der Waals surface area (Å²) >= 11 is 11.9. The van der Waals surface area contributed by atoms with Gasteiger partial charge >= 0.3 is 0 Å². The van der Waals surface area contributed by atoms with Crippen LogP contribution in [0.15, 0.2) is 64.0 Å². The highest BCUT2D eigenvalue weighted by Crippen LogP contribution is 2.33. The second-order valence-corrected chi connectivity index (χ2v) is 7.74. The fraction of sp³-hybridized carbons (Fsp3) is 0.227. The van der Waals surface area contributed by atoms with E-state index in [9.17, 15) is 4.79 Å². The second-order valence-electron chi connectivity index (χ2n) is 6.92. The van der Waals surface area contributed by atoms with Crippen molar-refractivity contribution < 1.29 is 9.15 Å². The number of anilines is 1. The summed E-state index contributed by atoms with van der Waals surface area (Å²) < 4.78 is 11.3. The number of hydrogen-bond donors (Lipinski definition) is 0. The molecule has 1 aliphatic rings. The van der Waals surface area contributed by atoms with Gasteiger partial charge in [0, 0.05) is 17.8 Å². The zero-order chi connectivity index (χ0) is 19.7. The minimum Gasteiger partial charge on any atom is -0.482 e. The molecule has 4 rings (SSSR count). The van der Waals surface area contributed by atoms with Crippen molar-refractivity contribution in [2.45, 2.75) is 32.5 Å². The summed E-state index contributed by atoms with van der Waals surface area (Å²) in [5.41, 5.74) is 3.12. The monoisotopic (exact) mass is 415 g/mol. The van der Waals surface area contributed by atoms with Gasteiger partial charge in [0.25, 0.3) is 0 Å². The molecule has 0 bridgehead atoms. The molecule has 0 radical (unpaired) electrons. The molecule has 1 aliphatic heterocycles. The summed E-state index contributed by atoms with van der Waals surface area (Å²) in [7, 11) is 0.